The third-order valence-electron chi connectivity index (χ3n) is 5.34. The summed E-state index contributed by atoms with van der Waals surface area (Å²) in [5.41, 5.74) is 0. The van der Waals surface area contributed by atoms with Gasteiger partial charge in [-0.3, -0.25) is 4.79 Å². The van der Waals surface area contributed by atoms with Gasteiger partial charge < -0.3 is 70.3 Å². The number of nitrogens with one attached hydrogen (secondary N) is 1. The normalized spacial score (nSPS) is 40.9. The molecule has 2 saturated heterocycles. The molecule has 9 N–H and O–H groups in total. The van der Waals surface area contributed by atoms with Crippen LogP contribution < -0.4 is 61.8 Å². The zero-order valence-corrected chi connectivity index (χ0v) is 21.0. The quantitative estimate of drug-likeness (QED) is 0.138. The first-order valence-corrected chi connectivity index (χ1v) is 9.67. The van der Waals surface area contributed by atoms with Crippen LogP contribution in [0.1, 0.15) is 13.3 Å². The Kier molecular flexibility index (Phi) is 12.2. The largest absolute Gasteiger partial charge is 1.00 e. The molecule has 2 fully saturated rings. The Labute approximate surface area is 230 Å². The molecule has 33 heavy (non-hydrogen) atoms. The van der Waals surface area contributed by atoms with Gasteiger partial charge in [0.2, 0.25) is 11.7 Å². The van der Waals surface area contributed by atoms with E-state index >= 15 is 0 Å². The van der Waals surface area contributed by atoms with Crippen LogP contribution in [-0.2, 0) is 23.8 Å². The molecule has 0 spiro atoms. The van der Waals surface area contributed by atoms with Crippen LogP contribution in [0.4, 0.5) is 0 Å². The Morgan fingerprint density at radius 2 is 1.76 bits per heavy atom. The summed E-state index contributed by atoms with van der Waals surface area (Å²) in [4.78, 5) is 23.4. The SMILES string of the molecule is CC(=O)N[C@H]1[C@H]([C@H](O)[C@@H](O)CO)O[C@](OC[C@@H]2O[C@H](O)[C@@H](O)[C@H](O)[C@@H]2O)(C(=O)[O-])C[C@@H]1O.[K+]. The van der Waals surface area contributed by atoms with Gasteiger partial charge in [0.1, 0.15) is 48.7 Å². The average Bonchev–Trinajstić information content (AvgIpc) is 2.73. The molecule has 15 nitrogen and oxygen atoms in total. The van der Waals surface area contributed by atoms with Gasteiger partial charge in [-0.15, -0.1) is 0 Å². The first-order chi connectivity index (χ1) is 14.8. The van der Waals surface area contributed by atoms with Gasteiger partial charge in [-0.25, -0.2) is 0 Å². The minimum Gasteiger partial charge on any atom is -0.544 e. The Hall–Kier alpha value is 0.136. The molecular formula is C17H28KNO14. The maximum Gasteiger partial charge on any atom is 1.00 e. The van der Waals surface area contributed by atoms with Crippen molar-refractivity contribution in [1.82, 2.24) is 5.32 Å². The van der Waals surface area contributed by atoms with Crippen LogP contribution in [-0.4, -0.2) is 133 Å². The predicted molar refractivity (Wildman–Crippen MR) is 94.8 cm³/mol. The number of rotatable bonds is 8. The summed E-state index contributed by atoms with van der Waals surface area (Å²) in [6, 6.07) is -1.42. The molecule has 0 aliphatic carbocycles. The molecule has 0 aromatic carbocycles. The molecule has 2 aliphatic rings. The molecule has 0 unspecified atom stereocenters. The fourth-order valence-electron chi connectivity index (χ4n) is 3.55. The van der Waals surface area contributed by atoms with Gasteiger partial charge in [0.25, 0.3) is 0 Å². The predicted octanol–water partition coefficient (Wildman–Crippen LogP) is -10.4. The molecule has 16 heteroatoms. The van der Waals surface area contributed by atoms with Crippen LogP contribution in [0.5, 0.6) is 0 Å². The summed E-state index contributed by atoms with van der Waals surface area (Å²) in [6.07, 6.45) is -17.2. The van der Waals surface area contributed by atoms with E-state index in [1.165, 1.54) is 0 Å². The molecule has 0 aromatic heterocycles. The standard InChI is InChI=1S/C17H29NO14.K/c1-5(20)18-9-6(21)2-17(16(28)29,32-14(9)10(23)7(22)3-19)30-4-8-11(24)12(25)13(26)15(27)31-8;/h6-15,19,21-27H,2-4H2,1H3,(H,18,20)(H,28,29);/q;+1/p-1/t6-,7-,8-,9+,10+,11+,12+,13-,14+,15-,17-;/m0./s1. The van der Waals surface area contributed by atoms with Crippen molar-refractivity contribution in [2.45, 2.75) is 80.3 Å². The van der Waals surface area contributed by atoms with Gasteiger partial charge in [-0.2, -0.15) is 0 Å². The Morgan fingerprint density at radius 1 is 1.15 bits per heavy atom. The Bertz CT molecular complexity index is 672. The molecule has 1 amide bonds. The number of hydrogen-bond acceptors (Lipinski definition) is 14. The van der Waals surface area contributed by atoms with Crippen molar-refractivity contribution in [3.05, 3.63) is 0 Å². The molecular weight excluding hydrogens is 481 g/mol. The second kappa shape index (κ2) is 12.9. The number of aliphatic hydroxyl groups is 8. The third-order valence-corrected chi connectivity index (χ3v) is 5.34. The van der Waals surface area contributed by atoms with Gasteiger partial charge >= 0.3 is 51.4 Å². The van der Waals surface area contributed by atoms with Crippen molar-refractivity contribution in [1.29, 1.82) is 0 Å². The zero-order chi connectivity index (χ0) is 24.4. The number of aliphatic hydroxyl groups excluding tert-OH is 8. The fourth-order valence-corrected chi connectivity index (χ4v) is 3.55. The number of carbonyl (C=O) groups excluding carboxylic acids is 2. The van der Waals surface area contributed by atoms with E-state index in [9.17, 15) is 50.4 Å². The van der Waals surface area contributed by atoms with Crippen LogP contribution in [0.2, 0.25) is 0 Å². The minimum atomic E-state index is -2.80. The summed E-state index contributed by atoms with van der Waals surface area (Å²) in [5.74, 6) is -5.53. The smallest absolute Gasteiger partial charge is 0.544 e. The number of carboxylic acid groups (broad SMARTS) is 1. The molecule has 2 heterocycles. The maximum absolute atomic E-state index is 11.9. The van der Waals surface area contributed by atoms with Crippen LogP contribution in [0, 0.1) is 0 Å². The molecule has 2 aliphatic heterocycles. The van der Waals surface area contributed by atoms with Gasteiger partial charge in [-0.05, 0) is 0 Å². The molecule has 0 radical (unpaired) electrons. The number of amides is 1. The minimum absolute atomic E-state index is 0. The third kappa shape index (κ3) is 7.10. The molecule has 11 atom stereocenters. The maximum atomic E-state index is 11.9. The van der Waals surface area contributed by atoms with E-state index in [2.05, 4.69) is 5.32 Å². The summed E-state index contributed by atoms with van der Waals surface area (Å²) in [5, 5.41) is 92.6. The molecule has 2 rings (SSSR count). The van der Waals surface area contributed by atoms with Crippen molar-refractivity contribution in [2.75, 3.05) is 13.2 Å². The summed E-state index contributed by atoms with van der Waals surface area (Å²) in [6.45, 7) is -0.759. The van der Waals surface area contributed by atoms with Gasteiger partial charge in [-0.1, -0.05) is 0 Å². The molecule has 0 aromatic rings. The number of ether oxygens (including phenoxy) is 3. The van der Waals surface area contributed by atoms with E-state index in [1.807, 2.05) is 0 Å². The molecule has 0 bridgehead atoms. The number of carbonyl (C=O) groups is 2. The fraction of sp³-hybridized carbons (Fsp3) is 0.882. The van der Waals surface area contributed by atoms with E-state index < -0.39 is 98.5 Å². The van der Waals surface area contributed by atoms with Gasteiger partial charge in [0, 0.05) is 13.3 Å². The number of aliphatic carboxylic acids is 1. The monoisotopic (exact) mass is 509 g/mol. The Balaban J connectivity index is 0.00000544. The summed E-state index contributed by atoms with van der Waals surface area (Å²) >= 11 is 0. The first kappa shape index (κ1) is 31.2. The van der Waals surface area contributed by atoms with Crippen LogP contribution in [0.3, 0.4) is 0 Å². The first-order valence-electron chi connectivity index (χ1n) is 9.67. The Morgan fingerprint density at radius 3 is 2.27 bits per heavy atom. The van der Waals surface area contributed by atoms with Crippen LogP contribution >= 0.6 is 0 Å². The van der Waals surface area contributed by atoms with Crippen LogP contribution in [0.25, 0.3) is 0 Å². The molecule has 0 saturated carbocycles. The van der Waals surface area contributed by atoms with Crippen molar-refractivity contribution >= 4 is 11.9 Å². The topological polar surface area (TPSA) is 259 Å². The van der Waals surface area contributed by atoms with E-state index in [1.54, 1.807) is 0 Å². The van der Waals surface area contributed by atoms with E-state index in [-0.39, 0.29) is 51.4 Å². The van der Waals surface area contributed by atoms with Gasteiger partial charge in [0.05, 0.1) is 25.4 Å². The van der Waals surface area contributed by atoms with Crippen molar-refractivity contribution in [3.63, 3.8) is 0 Å². The van der Waals surface area contributed by atoms with E-state index in [0.29, 0.717) is 0 Å². The van der Waals surface area contributed by atoms with E-state index in [4.69, 9.17) is 19.3 Å². The van der Waals surface area contributed by atoms with E-state index in [0.717, 1.165) is 6.92 Å². The molecule has 186 valence electrons. The van der Waals surface area contributed by atoms with Crippen molar-refractivity contribution in [3.8, 4) is 0 Å². The number of carboxylic acids is 1. The number of hydrogen-bond donors (Lipinski definition) is 9. The second-order valence-electron chi connectivity index (χ2n) is 7.71. The second-order valence-corrected chi connectivity index (χ2v) is 7.71. The zero-order valence-electron chi connectivity index (χ0n) is 17.9. The average molecular weight is 510 g/mol. The van der Waals surface area contributed by atoms with Gasteiger partial charge in [0.15, 0.2) is 6.29 Å². The van der Waals surface area contributed by atoms with Crippen molar-refractivity contribution in [2.24, 2.45) is 0 Å². The summed E-state index contributed by atoms with van der Waals surface area (Å²) < 4.78 is 15.4. The summed E-state index contributed by atoms with van der Waals surface area (Å²) in [7, 11) is 0. The van der Waals surface area contributed by atoms with Crippen LogP contribution in [0.15, 0.2) is 0 Å². The van der Waals surface area contributed by atoms with Crippen molar-refractivity contribution < 1.29 is 121 Å².